The number of ether oxygens (including phenoxy) is 3. The number of halogens is 2. The summed E-state index contributed by atoms with van der Waals surface area (Å²) in [6, 6.07) is 18.8. The number of methoxy groups -OCH3 is 1. The van der Waals surface area contributed by atoms with E-state index < -0.39 is 11.9 Å². The first kappa shape index (κ1) is 21.6. The van der Waals surface area contributed by atoms with Crippen molar-refractivity contribution in [2.24, 2.45) is 5.73 Å². The van der Waals surface area contributed by atoms with Gasteiger partial charge in [0.1, 0.15) is 28.9 Å². The molecule has 0 aromatic heterocycles. The SMILES string of the molecule is COc1cccc(C(=O)Oc2ccc3c(c2)OC(N)=C(C#N)C3c2ccc(Cl)c(Cl)c2)c1. The van der Waals surface area contributed by atoms with E-state index in [0.29, 0.717) is 32.7 Å². The van der Waals surface area contributed by atoms with E-state index in [1.165, 1.54) is 7.11 Å². The van der Waals surface area contributed by atoms with Crippen LogP contribution >= 0.6 is 23.2 Å². The molecule has 32 heavy (non-hydrogen) atoms. The predicted molar refractivity (Wildman–Crippen MR) is 120 cm³/mol. The highest BCUT2D eigenvalue weighted by molar-refractivity contribution is 6.42. The van der Waals surface area contributed by atoms with E-state index in [1.54, 1.807) is 60.7 Å². The van der Waals surface area contributed by atoms with Crippen LogP contribution in [0.3, 0.4) is 0 Å². The predicted octanol–water partition coefficient (Wildman–Crippen LogP) is 5.44. The highest BCUT2D eigenvalue weighted by Crippen LogP contribution is 2.44. The van der Waals surface area contributed by atoms with Crippen molar-refractivity contribution < 1.29 is 19.0 Å². The molecule has 3 aromatic carbocycles. The maximum Gasteiger partial charge on any atom is 0.343 e. The molecule has 1 aliphatic heterocycles. The van der Waals surface area contributed by atoms with Gasteiger partial charge in [0.15, 0.2) is 0 Å². The summed E-state index contributed by atoms with van der Waals surface area (Å²) in [4.78, 5) is 12.5. The molecule has 0 saturated carbocycles. The van der Waals surface area contributed by atoms with Crippen molar-refractivity contribution in [3.63, 3.8) is 0 Å². The number of hydrogen-bond donors (Lipinski definition) is 1. The van der Waals surface area contributed by atoms with Crippen molar-refractivity contribution in [2.75, 3.05) is 7.11 Å². The molecule has 0 amide bonds. The third-order valence-corrected chi connectivity index (χ3v) is 5.72. The van der Waals surface area contributed by atoms with E-state index in [0.717, 1.165) is 5.56 Å². The molecule has 0 spiro atoms. The molecule has 0 aliphatic carbocycles. The summed E-state index contributed by atoms with van der Waals surface area (Å²) in [7, 11) is 1.52. The third kappa shape index (κ3) is 4.09. The van der Waals surface area contributed by atoms with Gasteiger partial charge >= 0.3 is 5.97 Å². The van der Waals surface area contributed by atoms with Crippen LogP contribution in [-0.4, -0.2) is 13.1 Å². The van der Waals surface area contributed by atoms with Gasteiger partial charge in [0.2, 0.25) is 5.88 Å². The lowest BCUT2D eigenvalue weighted by molar-refractivity contribution is 0.0734. The maximum atomic E-state index is 12.5. The summed E-state index contributed by atoms with van der Waals surface area (Å²) in [5.41, 5.74) is 8.01. The van der Waals surface area contributed by atoms with Gasteiger partial charge in [-0.3, -0.25) is 0 Å². The minimum Gasteiger partial charge on any atom is -0.497 e. The molecule has 1 unspecified atom stereocenters. The summed E-state index contributed by atoms with van der Waals surface area (Å²) in [5.74, 6) is 0.0710. The number of nitriles is 1. The van der Waals surface area contributed by atoms with Crippen LogP contribution in [-0.2, 0) is 0 Å². The lowest BCUT2D eigenvalue weighted by atomic mass is 9.83. The van der Waals surface area contributed by atoms with Crippen molar-refractivity contribution in [1.82, 2.24) is 0 Å². The van der Waals surface area contributed by atoms with E-state index in [-0.39, 0.29) is 17.2 Å². The zero-order chi connectivity index (χ0) is 22.8. The molecule has 3 aromatic rings. The largest absolute Gasteiger partial charge is 0.497 e. The first-order chi connectivity index (χ1) is 15.4. The van der Waals surface area contributed by atoms with Crippen LogP contribution < -0.4 is 19.9 Å². The summed E-state index contributed by atoms with van der Waals surface area (Å²) < 4.78 is 16.3. The van der Waals surface area contributed by atoms with Gasteiger partial charge in [0.25, 0.3) is 0 Å². The first-order valence-electron chi connectivity index (χ1n) is 9.44. The van der Waals surface area contributed by atoms with Crippen LogP contribution in [0, 0.1) is 11.3 Å². The average molecular weight is 467 g/mol. The first-order valence-corrected chi connectivity index (χ1v) is 10.2. The second-order valence-electron chi connectivity index (χ2n) is 6.92. The third-order valence-electron chi connectivity index (χ3n) is 4.98. The number of esters is 1. The number of carbonyl (C=O) groups excluding carboxylic acids is 1. The molecule has 4 rings (SSSR count). The molecule has 8 heteroatoms. The van der Waals surface area contributed by atoms with Gasteiger partial charge in [-0.2, -0.15) is 5.26 Å². The van der Waals surface area contributed by atoms with Crippen molar-refractivity contribution in [2.45, 2.75) is 5.92 Å². The molecule has 1 aliphatic rings. The number of carbonyl (C=O) groups is 1. The molecule has 0 radical (unpaired) electrons. The van der Waals surface area contributed by atoms with E-state index in [1.807, 2.05) is 0 Å². The minimum atomic E-state index is -0.554. The minimum absolute atomic E-state index is 0.0349. The van der Waals surface area contributed by atoms with E-state index >= 15 is 0 Å². The number of allylic oxidation sites excluding steroid dienone is 1. The van der Waals surface area contributed by atoms with Gasteiger partial charge in [-0.25, -0.2) is 4.79 Å². The maximum absolute atomic E-state index is 12.5. The number of fused-ring (bicyclic) bond motifs is 1. The molecule has 2 N–H and O–H groups in total. The van der Waals surface area contributed by atoms with Crippen LogP contribution in [0.5, 0.6) is 17.2 Å². The van der Waals surface area contributed by atoms with Gasteiger partial charge in [0, 0.05) is 11.6 Å². The van der Waals surface area contributed by atoms with Crippen molar-refractivity contribution >= 4 is 29.2 Å². The Morgan fingerprint density at radius 1 is 1.06 bits per heavy atom. The topological polar surface area (TPSA) is 94.6 Å². The van der Waals surface area contributed by atoms with E-state index in [4.69, 9.17) is 43.1 Å². The number of benzene rings is 3. The van der Waals surface area contributed by atoms with Crippen LogP contribution in [0.25, 0.3) is 0 Å². The molecule has 1 heterocycles. The number of nitrogens with zero attached hydrogens (tertiary/aromatic N) is 1. The smallest absolute Gasteiger partial charge is 0.343 e. The molecular formula is C24H16Cl2N2O4. The van der Waals surface area contributed by atoms with Crippen molar-refractivity contribution in [3.05, 3.63) is 98.9 Å². The Labute approximate surface area is 194 Å². The van der Waals surface area contributed by atoms with Gasteiger partial charge in [0.05, 0.1) is 28.6 Å². The van der Waals surface area contributed by atoms with Gasteiger partial charge < -0.3 is 19.9 Å². The van der Waals surface area contributed by atoms with Crippen LogP contribution in [0.15, 0.2) is 72.1 Å². The monoisotopic (exact) mass is 466 g/mol. The zero-order valence-electron chi connectivity index (χ0n) is 16.8. The summed E-state index contributed by atoms with van der Waals surface area (Å²) in [6.45, 7) is 0. The van der Waals surface area contributed by atoms with E-state index in [2.05, 4.69) is 6.07 Å². The fourth-order valence-corrected chi connectivity index (χ4v) is 3.76. The summed E-state index contributed by atoms with van der Waals surface area (Å²) in [6.07, 6.45) is 0. The van der Waals surface area contributed by atoms with Crippen LogP contribution in [0.2, 0.25) is 10.0 Å². The van der Waals surface area contributed by atoms with Crippen molar-refractivity contribution in [3.8, 4) is 23.3 Å². The Kier molecular flexibility index (Phi) is 5.95. The number of nitrogens with two attached hydrogens (primary N) is 1. The molecule has 0 bridgehead atoms. The standard InChI is InChI=1S/C24H16Cl2N2O4/c1-30-15-4-2-3-14(9-15)24(29)31-16-6-7-17-21(11-16)32-23(28)18(12-27)22(17)13-5-8-19(25)20(26)10-13/h2-11,22H,28H2,1H3. The quantitative estimate of drug-likeness (QED) is 0.406. The molecular weight excluding hydrogens is 451 g/mol. The number of rotatable bonds is 4. The Bertz CT molecular complexity index is 1300. The van der Waals surface area contributed by atoms with Crippen molar-refractivity contribution in [1.29, 1.82) is 5.26 Å². The van der Waals surface area contributed by atoms with Crippen LogP contribution in [0.1, 0.15) is 27.4 Å². The molecule has 160 valence electrons. The van der Waals surface area contributed by atoms with Gasteiger partial charge in [-0.05, 0) is 42.0 Å². The molecule has 0 fully saturated rings. The fourth-order valence-electron chi connectivity index (χ4n) is 3.45. The lowest BCUT2D eigenvalue weighted by Crippen LogP contribution is -2.21. The summed E-state index contributed by atoms with van der Waals surface area (Å²) >= 11 is 12.2. The Balaban J connectivity index is 1.69. The summed E-state index contributed by atoms with van der Waals surface area (Å²) in [5, 5.41) is 10.4. The second-order valence-corrected chi connectivity index (χ2v) is 7.73. The van der Waals surface area contributed by atoms with Gasteiger partial charge in [-0.15, -0.1) is 0 Å². The molecule has 6 nitrogen and oxygen atoms in total. The lowest BCUT2D eigenvalue weighted by Gasteiger charge is -2.27. The molecule has 1 atom stereocenters. The second kappa shape index (κ2) is 8.83. The zero-order valence-corrected chi connectivity index (χ0v) is 18.3. The fraction of sp³-hybridized carbons (Fsp3) is 0.0833. The number of hydrogen-bond acceptors (Lipinski definition) is 6. The molecule has 0 saturated heterocycles. The van der Waals surface area contributed by atoms with Crippen LogP contribution in [0.4, 0.5) is 0 Å². The van der Waals surface area contributed by atoms with E-state index in [9.17, 15) is 10.1 Å². The highest BCUT2D eigenvalue weighted by atomic mass is 35.5. The Morgan fingerprint density at radius 3 is 2.59 bits per heavy atom. The Morgan fingerprint density at radius 2 is 1.88 bits per heavy atom. The Hall–Kier alpha value is -3.66. The normalized spacial score (nSPS) is 14.8. The van der Waals surface area contributed by atoms with Gasteiger partial charge in [-0.1, -0.05) is 41.4 Å². The average Bonchev–Trinajstić information content (AvgIpc) is 2.80. The highest BCUT2D eigenvalue weighted by Gasteiger charge is 2.31.